The van der Waals surface area contributed by atoms with Crippen LogP contribution in [0.5, 0.6) is 5.75 Å². The Labute approximate surface area is 160 Å². The van der Waals surface area contributed by atoms with E-state index in [4.69, 9.17) is 4.74 Å². The minimum atomic E-state index is -0.271. The van der Waals surface area contributed by atoms with E-state index < -0.39 is 0 Å². The molecule has 2 aromatic heterocycles. The quantitative estimate of drug-likeness (QED) is 0.490. The van der Waals surface area contributed by atoms with E-state index in [9.17, 15) is 4.39 Å². The van der Waals surface area contributed by atoms with Gasteiger partial charge in [0.25, 0.3) is 0 Å². The van der Waals surface area contributed by atoms with E-state index >= 15 is 0 Å². The highest BCUT2D eigenvalue weighted by Gasteiger charge is 2.13. The molecule has 4 aromatic rings. The standard InChI is InChI=1S/C19H14FN3OS.ClH/c1-24-15-8-2-12(3-9-15)16-10-25-19-17(16)18(21-11-22-19)23-14-6-4-13(20)5-7-14;/h2-11H,1H3,(H,21,22,23);1H. The number of ether oxygens (including phenoxy) is 1. The van der Waals surface area contributed by atoms with Gasteiger partial charge in [-0.2, -0.15) is 0 Å². The van der Waals surface area contributed by atoms with Gasteiger partial charge in [0.1, 0.15) is 28.5 Å². The summed E-state index contributed by atoms with van der Waals surface area (Å²) < 4.78 is 18.3. The van der Waals surface area contributed by atoms with Crippen molar-refractivity contribution in [2.24, 2.45) is 0 Å². The first-order chi connectivity index (χ1) is 12.2. The summed E-state index contributed by atoms with van der Waals surface area (Å²) in [4.78, 5) is 9.64. The van der Waals surface area contributed by atoms with Gasteiger partial charge in [-0.05, 0) is 42.0 Å². The molecule has 0 atom stereocenters. The van der Waals surface area contributed by atoms with Crippen molar-refractivity contribution in [2.45, 2.75) is 0 Å². The van der Waals surface area contributed by atoms with Crippen molar-refractivity contribution >= 4 is 45.5 Å². The number of aromatic nitrogens is 2. The van der Waals surface area contributed by atoms with Crippen molar-refractivity contribution < 1.29 is 9.13 Å². The fourth-order valence-corrected chi connectivity index (χ4v) is 3.54. The molecular formula is C19H15ClFN3OS. The third-order valence-corrected chi connectivity index (χ3v) is 4.76. The number of nitrogens with zero attached hydrogens (tertiary/aromatic N) is 2. The van der Waals surface area contributed by atoms with Crippen LogP contribution in [0.3, 0.4) is 0 Å². The number of anilines is 2. The van der Waals surface area contributed by atoms with Gasteiger partial charge in [-0.25, -0.2) is 14.4 Å². The number of fused-ring (bicyclic) bond motifs is 1. The highest BCUT2D eigenvalue weighted by molar-refractivity contribution is 7.17. The number of rotatable bonds is 4. The topological polar surface area (TPSA) is 47.0 Å². The summed E-state index contributed by atoms with van der Waals surface area (Å²) in [5.41, 5.74) is 2.88. The zero-order chi connectivity index (χ0) is 17.2. The molecule has 0 aliphatic carbocycles. The zero-order valence-corrected chi connectivity index (χ0v) is 15.4. The van der Waals surface area contributed by atoms with Gasteiger partial charge < -0.3 is 10.1 Å². The van der Waals surface area contributed by atoms with Crippen LogP contribution in [0.15, 0.2) is 60.2 Å². The normalized spacial score (nSPS) is 10.4. The van der Waals surface area contributed by atoms with Crippen LogP contribution in [-0.4, -0.2) is 17.1 Å². The van der Waals surface area contributed by atoms with Gasteiger partial charge >= 0.3 is 0 Å². The number of hydrogen-bond donors (Lipinski definition) is 1. The lowest BCUT2D eigenvalue weighted by atomic mass is 10.1. The molecule has 26 heavy (non-hydrogen) atoms. The second-order valence-corrected chi connectivity index (χ2v) is 6.27. The Balaban J connectivity index is 0.00000196. The highest BCUT2D eigenvalue weighted by atomic mass is 35.5. The van der Waals surface area contributed by atoms with E-state index in [-0.39, 0.29) is 18.2 Å². The van der Waals surface area contributed by atoms with Crippen molar-refractivity contribution in [2.75, 3.05) is 12.4 Å². The molecule has 0 saturated heterocycles. The van der Waals surface area contributed by atoms with E-state index in [0.717, 1.165) is 32.8 Å². The average molecular weight is 388 g/mol. The van der Waals surface area contributed by atoms with Crippen molar-refractivity contribution in [1.82, 2.24) is 9.97 Å². The lowest BCUT2D eigenvalue weighted by molar-refractivity contribution is 0.415. The SMILES string of the molecule is COc1ccc(-c2csc3ncnc(Nc4ccc(F)cc4)c23)cc1.Cl. The Morgan fingerprint density at radius 3 is 2.42 bits per heavy atom. The van der Waals surface area contributed by atoms with Gasteiger partial charge in [-0.15, -0.1) is 23.7 Å². The van der Waals surface area contributed by atoms with E-state index in [1.165, 1.54) is 18.5 Å². The average Bonchev–Trinajstić information content (AvgIpc) is 3.09. The molecule has 4 rings (SSSR count). The molecule has 0 fully saturated rings. The number of methoxy groups -OCH3 is 1. The summed E-state index contributed by atoms with van der Waals surface area (Å²) >= 11 is 1.56. The van der Waals surface area contributed by atoms with Gasteiger partial charge in [0.2, 0.25) is 0 Å². The molecule has 2 aromatic carbocycles. The smallest absolute Gasteiger partial charge is 0.143 e. The second kappa shape index (κ2) is 7.68. The maximum Gasteiger partial charge on any atom is 0.143 e. The fourth-order valence-electron chi connectivity index (χ4n) is 2.62. The van der Waals surface area contributed by atoms with E-state index in [1.54, 1.807) is 30.6 Å². The minimum absolute atomic E-state index is 0. The molecule has 0 spiro atoms. The summed E-state index contributed by atoms with van der Waals surface area (Å²) in [5.74, 6) is 1.24. The summed E-state index contributed by atoms with van der Waals surface area (Å²) in [7, 11) is 1.65. The Bertz CT molecular complexity index is 1020. The maximum atomic E-state index is 13.1. The molecule has 0 aliphatic rings. The predicted octanol–water partition coefficient (Wildman–Crippen LogP) is 5.67. The Morgan fingerprint density at radius 2 is 1.73 bits per heavy atom. The Morgan fingerprint density at radius 1 is 1.00 bits per heavy atom. The first-order valence-corrected chi connectivity index (χ1v) is 8.52. The van der Waals surface area contributed by atoms with Crippen LogP contribution in [-0.2, 0) is 0 Å². The molecule has 0 saturated carbocycles. The molecule has 2 heterocycles. The summed E-state index contributed by atoms with van der Waals surface area (Å²) in [5, 5.41) is 6.27. The molecular weight excluding hydrogens is 373 g/mol. The molecule has 0 aliphatic heterocycles. The lowest BCUT2D eigenvalue weighted by Crippen LogP contribution is -1.95. The van der Waals surface area contributed by atoms with Crippen LogP contribution < -0.4 is 10.1 Å². The Kier molecular flexibility index (Phi) is 5.35. The number of benzene rings is 2. The minimum Gasteiger partial charge on any atom is -0.497 e. The number of hydrogen-bond acceptors (Lipinski definition) is 5. The van der Waals surface area contributed by atoms with Gasteiger partial charge in [0.15, 0.2) is 0 Å². The molecule has 0 unspecified atom stereocenters. The number of thiophene rings is 1. The first kappa shape index (κ1) is 18.1. The largest absolute Gasteiger partial charge is 0.497 e. The summed E-state index contributed by atoms with van der Waals surface area (Å²) in [6, 6.07) is 14.1. The predicted molar refractivity (Wildman–Crippen MR) is 106 cm³/mol. The highest BCUT2D eigenvalue weighted by Crippen LogP contribution is 2.37. The first-order valence-electron chi connectivity index (χ1n) is 7.64. The van der Waals surface area contributed by atoms with Gasteiger partial charge in [-0.3, -0.25) is 0 Å². The van der Waals surface area contributed by atoms with Crippen LogP contribution in [0.4, 0.5) is 15.9 Å². The lowest BCUT2D eigenvalue weighted by Gasteiger charge is -2.09. The van der Waals surface area contributed by atoms with Crippen molar-refractivity contribution in [1.29, 1.82) is 0 Å². The third-order valence-electron chi connectivity index (χ3n) is 3.88. The zero-order valence-electron chi connectivity index (χ0n) is 13.8. The molecule has 0 amide bonds. The second-order valence-electron chi connectivity index (χ2n) is 5.41. The van der Waals surface area contributed by atoms with E-state index in [2.05, 4.69) is 20.7 Å². The van der Waals surface area contributed by atoms with Crippen molar-refractivity contribution in [3.05, 3.63) is 66.1 Å². The maximum absolute atomic E-state index is 13.1. The van der Waals surface area contributed by atoms with Crippen LogP contribution >= 0.6 is 23.7 Å². The molecule has 4 nitrogen and oxygen atoms in total. The van der Waals surface area contributed by atoms with Crippen molar-refractivity contribution in [3.63, 3.8) is 0 Å². The van der Waals surface area contributed by atoms with E-state index in [0.29, 0.717) is 5.82 Å². The Hall–Kier alpha value is -2.70. The van der Waals surface area contributed by atoms with Gasteiger partial charge in [0, 0.05) is 16.6 Å². The summed E-state index contributed by atoms with van der Waals surface area (Å²) in [6.45, 7) is 0. The fraction of sp³-hybridized carbons (Fsp3) is 0.0526. The molecule has 0 radical (unpaired) electrons. The molecule has 1 N–H and O–H groups in total. The summed E-state index contributed by atoms with van der Waals surface area (Å²) in [6.07, 6.45) is 1.53. The van der Waals surface area contributed by atoms with Gasteiger partial charge in [-0.1, -0.05) is 12.1 Å². The molecule has 7 heteroatoms. The van der Waals surface area contributed by atoms with Crippen LogP contribution in [0, 0.1) is 5.82 Å². The monoisotopic (exact) mass is 387 g/mol. The van der Waals surface area contributed by atoms with Crippen molar-refractivity contribution in [3.8, 4) is 16.9 Å². The van der Waals surface area contributed by atoms with Crippen LogP contribution in [0.1, 0.15) is 0 Å². The van der Waals surface area contributed by atoms with Gasteiger partial charge in [0.05, 0.1) is 12.5 Å². The number of halogens is 2. The van der Waals surface area contributed by atoms with Crippen LogP contribution in [0.2, 0.25) is 0 Å². The molecule has 0 bridgehead atoms. The van der Waals surface area contributed by atoms with Crippen LogP contribution in [0.25, 0.3) is 21.3 Å². The van der Waals surface area contributed by atoms with E-state index in [1.807, 2.05) is 24.3 Å². The molecule has 132 valence electrons. The number of nitrogens with one attached hydrogen (secondary N) is 1. The third kappa shape index (κ3) is 3.47.